The molecule has 3 heteroatoms. The van der Waals surface area contributed by atoms with Gasteiger partial charge in [-0.05, 0) is 41.5 Å². The van der Waals surface area contributed by atoms with Crippen LogP contribution < -0.4 is 0 Å². The molecule has 1 N–H and O–H groups in total. The normalized spacial score (nSPS) is 9.75. The van der Waals surface area contributed by atoms with E-state index in [2.05, 4.69) is 0 Å². The highest BCUT2D eigenvalue weighted by Crippen LogP contribution is 2.25. The van der Waals surface area contributed by atoms with Crippen molar-refractivity contribution in [3.8, 4) is 22.9 Å². The molecule has 16 heavy (non-hydrogen) atoms. The molecule has 0 unspecified atom stereocenters. The van der Waals surface area contributed by atoms with E-state index in [9.17, 15) is 9.50 Å². The average Bonchev–Trinajstić information content (AvgIpc) is 2.28. The van der Waals surface area contributed by atoms with Crippen LogP contribution in [0.4, 0.5) is 4.39 Å². The van der Waals surface area contributed by atoms with Crippen LogP contribution in [0.25, 0.3) is 11.1 Å². The number of aromatic hydroxyl groups is 1. The second kappa shape index (κ2) is 4.03. The number of nitriles is 1. The summed E-state index contributed by atoms with van der Waals surface area (Å²) in [4.78, 5) is 0. The number of nitrogens with zero attached hydrogens (tertiary/aromatic N) is 1. The Hall–Kier alpha value is -2.34. The van der Waals surface area contributed by atoms with Crippen molar-refractivity contribution in [2.75, 3.05) is 0 Å². The number of phenolic OH excluding ortho intramolecular Hbond substituents is 1. The number of phenols is 1. The monoisotopic (exact) mass is 213 g/mol. The zero-order valence-electron chi connectivity index (χ0n) is 8.31. The van der Waals surface area contributed by atoms with Crippen molar-refractivity contribution >= 4 is 0 Å². The minimum Gasteiger partial charge on any atom is -0.508 e. The summed E-state index contributed by atoms with van der Waals surface area (Å²) < 4.78 is 13.0. The van der Waals surface area contributed by atoms with Gasteiger partial charge in [0, 0.05) is 0 Å². The van der Waals surface area contributed by atoms with Gasteiger partial charge in [-0.1, -0.05) is 12.1 Å². The van der Waals surface area contributed by atoms with Crippen LogP contribution in [-0.4, -0.2) is 5.11 Å². The molecule has 0 saturated carbocycles. The van der Waals surface area contributed by atoms with Crippen molar-refractivity contribution in [1.29, 1.82) is 5.26 Å². The molecule has 2 aromatic carbocycles. The molecule has 0 radical (unpaired) electrons. The summed E-state index contributed by atoms with van der Waals surface area (Å²) in [6.45, 7) is 0. The smallest absolute Gasteiger partial charge is 0.123 e. The summed E-state index contributed by atoms with van der Waals surface area (Å²) in [6, 6.07) is 12.4. The van der Waals surface area contributed by atoms with E-state index in [4.69, 9.17) is 5.26 Å². The summed E-state index contributed by atoms with van der Waals surface area (Å²) in [6.07, 6.45) is 0. The predicted molar refractivity (Wildman–Crippen MR) is 58.2 cm³/mol. The van der Waals surface area contributed by atoms with Crippen molar-refractivity contribution in [2.45, 2.75) is 0 Å². The lowest BCUT2D eigenvalue weighted by atomic mass is 10.0. The lowest BCUT2D eigenvalue weighted by Gasteiger charge is -2.03. The molecule has 0 spiro atoms. The van der Waals surface area contributed by atoms with Crippen LogP contribution in [0.15, 0.2) is 42.5 Å². The third-order valence-corrected chi connectivity index (χ3v) is 2.20. The van der Waals surface area contributed by atoms with E-state index >= 15 is 0 Å². The molecule has 0 aliphatic heterocycles. The van der Waals surface area contributed by atoms with Crippen LogP contribution in [0.1, 0.15) is 5.56 Å². The summed E-state index contributed by atoms with van der Waals surface area (Å²) in [5.74, 6) is -0.349. The highest BCUT2D eigenvalue weighted by atomic mass is 19.1. The lowest BCUT2D eigenvalue weighted by molar-refractivity contribution is 0.475. The van der Waals surface area contributed by atoms with Crippen LogP contribution in [-0.2, 0) is 0 Å². The Bertz CT molecular complexity index is 572. The van der Waals surface area contributed by atoms with Gasteiger partial charge in [0.05, 0.1) is 11.6 Å². The van der Waals surface area contributed by atoms with E-state index in [1.807, 2.05) is 6.07 Å². The van der Waals surface area contributed by atoms with Crippen LogP contribution in [0, 0.1) is 17.1 Å². The van der Waals surface area contributed by atoms with E-state index in [0.29, 0.717) is 16.7 Å². The Kier molecular flexibility index (Phi) is 2.57. The maximum atomic E-state index is 13.0. The van der Waals surface area contributed by atoms with Crippen molar-refractivity contribution in [3.05, 3.63) is 53.8 Å². The third-order valence-electron chi connectivity index (χ3n) is 2.20. The number of hydrogen-bond donors (Lipinski definition) is 1. The Labute approximate surface area is 92.2 Å². The Morgan fingerprint density at radius 3 is 2.56 bits per heavy atom. The first-order chi connectivity index (χ1) is 7.69. The van der Waals surface area contributed by atoms with Gasteiger partial charge in [0.15, 0.2) is 0 Å². The molecule has 0 atom stereocenters. The summed E-state index contributed by atoms with van der Waals surface area (Å²) >= 11 is 0. The van der Waals surface area contributed by atoms with Crippen molar-refractivity contribution in [1.82, 2.24) is 0 Å². The van der Waals surface area contributed by atoms with E-state index in [0.717, 1.165) is 0 Å². The van der Waals surface area contributed by atoms with E-state index < -0.39 is 0 Å². The van der Waals surface area contributed by atoms with Gasteiger partial charge in [0.25, 0.3) is 0 Å². The fourth-order valence-electron chi connectivity index (χ4n) is 1.51. The molecule has 0 aliphatic rings. The topological polar surface area (TPSA) is 44.0 Å². The molecule has 0 saturated heterocycles. The van der Waals surface area contributed by atoms with Gasteiger partial charge in [-0.25, -0.2) is 4.39 Å². The SMILES string of the molecule is N#Cc1cc(O)cc(-c2cccc(F)c2)c1. The molecule has 0 heterocycles. The standard InChI is InChI=1S/C13H8FNO/c14-12-3-1-2-10(6-12)11-4-9(8-15)5-13(16)7-11/h1-7,16H. The van der Waals surface area contributed by atoms with E-state index in [-0.39, 0.29) is 11.6 Å². The number of hydrogen-bond acceptors (Lipinski definition) is 2. The van der Waals surface area contributed by atoms with Gasteiger partial charge in [0.1, 0.15) is 11.6 Å². The second-order valence-electron chi connectivity index (χ2n) is 3.39. The van der Waals surface area contributed by atoms with Crippen LogP contribution >= 0.6 is 0 Å². The Morgan fingerprint density at radius 1 is 1.06 bits per heavy atom. The quantitative estimate of drug-likeness (QED) is 0.791. The maximum Gasteiger partial charge on any atom is 0.123 e. The molecular formula is C13H8FNO. The fraction of sp³-hybridized carbons (Fsp3) is 0. The number of rotatable bonds is 1. The molecule has 0 aliphatic carbocycles. The molecule has 2 rings (SSSR count). The molecule has 2 aromatic rings. The fourth-order valence-corrected chi connectivity index (χ4v) is 1.51. The molecule has 0 amide bonds. The molecule has 78 valence electrons. The molecule has 0 aromatic heterocycles. The van der Waals surface area contributed by atoms with Crippen LogP contribution in [0.3, 0.4) is 0 Å². The highest BCUT2D eigenvalue weighted by Gasteiger charge is 2.03. The average molecular weight is 213 g/mol. The minimum atomic E-state index is -0.348. The minimum absolute atomic E-state index is 0.00156. The van der Waals surface area contributed by atoms with E-state index in [1.165, 1.54) is 24.3 Å². The van der Waals surface area contributed by atoms with Crippen molar-refractivity contribution < 1.29 is 9.50 Å². The molecule has 2 nitrogen and oxygen atoms in total. The Morgan fingerprint density at radius 2 is 1.88 bits per heavy atom. The second-order valence-corrected chi connectivity index (χ2v) is 3.39. The maximum absolute atomic E-state index is 13.0. The van der Waals surface area contributed by atoms with Crippen molar-refractivity contribution in [3.63, 3.8) is 0 Å². The Balaban J connectivity index is 2.56. The van der Waals surface area contributed by atoms with E-state index in [1.54, 1.807) is 18.2 Å². The first kappa shape index (κ1) is 10.2. The van der Waals surface area contributed by atoms with Gasteiger partial charge in [-0.15, -0.1) is 0 Å². The number of halogens is 1. The van der Waals surface area contributed by atoms with Gasteiger partial charge < -0.3 is 5.11 Å². The first-order valence-corrected chi connectivity index (χ1v) is 4.69. The molecular weight excluding hydrogens is 205 g/mol. The van der Waals surface area contributed by atoms with Gasteiger partial charge in [-0.2, -0.15) is 5.26 Å². The van der Waals surface area contributed by atoms with Gasteiger partial charge in [0.2, 0.25) is 0 Å². The highest BCUT2D eigenvalue weighted by molar-refractivity contribution is 5.67. The molecule has 0 fully saturated rings. The zero-order chi connectivity index (χ0) is 11.5. The number of benzene rings is 2. The predicted octanol–water partition coefficient (Wildman–Crippen LogP) is 3.07. The van der Waals surface area contributed by atoms with Gasteiger partial charge >= 0.3 is 0 Å². The van der Waals surface area contributed by atoms with Gasteiger partial charge in [-0.3, -0.25) is 0 Å². The van der Waals surface area contributed by atoms with Crippen LogP contribution in [0.5, 0.6) is 5.75 Å². The zero-order valence-corrected chi connectivity index (χ0v) is 8.31. The lowest BCUT2D eigenvalue weighted by Crippen LogP contribution is -1.82. The van der Waals surface area contributed by atoms with Crippen LogP contribution in [0.2, 0.25) is 0 Å². The van der Waals surface area contributed by atoms with Crippen molar-refractivity contribution in [2.24, 2.45) is 0 Å². The summed E-state index contributed by atoms with van der Waals surface area (Å²) in [5.41, 5.74) is 1.60. The first-order valence-electron chi connectivity index (χ1n) is 4.69. The summed E-state index contributed by atoms with van der Waals surface area (Å²) in [7, 11) is 0. The largest absolute Gasteiger partial charge is 0.508 e. The summed E-state index contributed by atoms with van der Waals surface area (Å²) in [5, 5.41) is 18.2. The molecule has 0 bridgehead atoms. The third kappa shape index (κ3) is 2.01.